The number of aromatic hydroxyl groups is 5. The van der Waals surface area contributed by atoms with Crippen molar-refractivity contribution >= 4 is 127 Å². The molecule has 18 aromatic rings. The molecule has 8 aromatic heterocycles. The first-order valence-electron chi connectivity index (χ1n) is 34.6. The molecule has 24 nitrogen and oxygen atoms in total. The van der Waals surface area contributed by atoms with Gasteiger partial charge in [-0.3, -0.25) is 37.4 Å². The Kier molecular flexibility index (Phi) is 21.0. The first-order chi connectivity index (χ1) is 56.1. The Hall–Kier alpha value is -14.7. The fourth-order valence-corrected chi connectivity index (χ4v) is 15.2. The van der Waals surface area contributed by atoms with Crippen molar-refractivity contribution in [1.29, 1.82) is 0 Å². The lowest BCUT2D eigenvalue weighted by Crippen LogP contribution is -2.20. The lowest BCUT2D eigenvalue weighted by molar-refractivity contribution is 0.415. The number of ether oxygens (including phenoxy) is 3. The van der Waals surface area contributed by atoms with Gasteiger partial charge in [0, 0.05) is 78.4 Å². The third-order valence-corrected chi connectivity index (χ3v) is 21.4. The standard InChI is InChI=1S/C25H16FNO5S.C24H14FNO5S.C19H12BrNO5.C19H13NO5/c1-31-15-11-12-16-18(13-15)27(14-7-3-2-4-8-14)24(29)20-21(28)23(25(30)32-22(16)20)33-19-10-6-5-9-17(19)26;25-16-8-4-5-9-18(16)32-22-20(28)19-21(31-24(22)30)15-11-10-14(27)12-17(15)26(23(19)29)13-6-2-1-3-7-13;1-25-11-7-8-12-13(9-11)21(10-5-3-2-4-6-10)18(23)14-16(22)15(20)19(24)26-17(12)14;1-24-12-7-8-13-14(9-12)20(11-5-3-2-4-6-11)19(23)17-15(21)10-16(22)25-18(13)17/h2-13,28H,1H3;1-12,27-28H;2-9,22H,1H3;2-10,21H,1H3. The van der Waals surface area contributed by atoms with Crippen LogP contribution in [0, 0.1) is 11.6 Å². The van der Waals surface area contributed by atoms with Gasteiger partial charge in [-0.1, -0.05) is 121 Å². The van der Waals surface area contributed by atoms with Crippen LogP contribution >= 0.6 is 39.5 Å². The van der Waals surface area contributed by atoms with E-state index >= 15 is 0 Å². The van der Waals surface area contributed by atoms with Crippen LogP contribution in [-0.4, -0.2) is 65.1 Å². The van der Waals surface area contributed by atoms with E-state index in [1.807, 2.05) is 30.3 Å². The normalized spacial score (nSPS) is 11.2. The summed E-state index contributed by atoms with van der Waals surface area (Å²) in [5.41, 5.74) is -1.55. The molecule has 0 spiro atoms. The highest BCUT2D eigenvalue weighted by Crippen LogP contribution is 2.42. The van der Waals surface area contributed by atoms with Crippen molar-refractivity contribution in [2.75, 3.05) is 21.3 Å². The Morgan fingerprint density at radius 3 is 0.991 bits per heavy atom. The third-order valence-electron chi connectivity index (χ3n) is 18.5. The summed E-state index contributed by atoms with van der Waals surface area (Å²) in [6, 6.07) is 67.4. The molecule has 116 heavy (non-hydrogen) atoms. The zero-order valence-corrected chi connectivity index (χ0v) is 63.5. The molecule has 8 heterocycles. The number of para-hydroxylation sites is 4. The molecule has 29 heteroatoms. The van der Waals surface area contributed by atoms with Crippen molar-refractivity contribution in [3.63, 3.8) is 0 Å². The number of hydrogen-bond acceptors (Lipinski definition) is 22. The monoisotopic (exact) mass is 1660 g/mol. The van der Waals surface area contributed by atoms with Gasteiger partial charge in [0.05, 0.1) is 49.5 Å². The maximum Gasteiger partial charge on any atom is 0.354 e. The molecule has 18 rings (SSSR count). The number of benzene rings is 10. The Morgan fingerprint density at radius 2 is 0.638 bits per heavy atom. The molecule has 0 saturated heterocycles. The molecule has 0 fully saturated rings. The maximum absolute atomic E-state index is 14.2. The van der Waals surface area contributed by atoms with Gasteiger partial charge in [-0.05, 0) is 137 Å². The quantitative estimate of drug-likeness (QED) is 0.0751. The van der Waals surface area contributed by atoms with Crippen molar-refractivity contribution < 1.29 is 66.2 Å². The average Bonchev–Trinajstić information content (AvgIpc) is 0.733. The highest BCUT2D eigenvalue weighted by Gasteiger charge is 2.28. The molecule has 5 N–H and O–H groups in total. The minimum absolute atomic E-state index is 0.0329. The summed E-state index contributed by atoms with van der Waals surface area (Å²) in [5, 5.41) is 53.9. The molecular formula is C87H55BrF2N4O20S2. The maximum atomic E-state index is 14.2. The largest absolute Gasteiger partial charge is 0.508 e. The van der Waals surface area contributed by atoms with Crippen LogP contribution in [0.2, 0.25) is 0 Å². The van der Waals surface area contributed by atoms with Crippen LogP contribution < -0.4 is 59.0 Å². The van der Waals surface area contributed by atoms with E-state index < -0.39 is 79.4 Å². The number of rotatable bonds is 11. The summed E-state index contributed by atoms with van der Waals surface area (Å²) < 4.78 is 71.1. The van der Waals surface area contributed by atoms with Crippen LogP contribution in [0.3, 0.4) is 0 Å². The fraction of sp³-hybridized carbons (Fsp3) is 0.0345. The molecule has 0 bridgehead atoms. The molecule has 0 amide bonds. The molecule has 576 valence electrons. The smallest absolute Gasteiger partial charge is 0.354 e. The number of phenolic OH excluding ortho intramolecular Hbond substituents is 1. The molecular weight excluding hydrogens is 1600 g/mol. The predicted molar refractivity (Wildman–Crippen MR) is 439 cm³/mol. The Balaban J connectivity index is 0.000000122. The molecule has 0 saturated carbocycles. The van der Waals surface area contributed by atoms with E-state index in [-0.39, 0.29) is 73.7 Å². The van der Waals surface area contributed by atoms with Crippen LogP contribution in [0.1, 0.15) is 0 Å². The van der Waals surface area contributed by atoms with Gasteiger partial charge in [-0.2, -0.15) is 0 Å². The zero-order valence-electron chi connectivity index (χ0n) is 60.3. The number of pyridine rings is 4. The van der Waals surface area contributed by atoms with E-state index in [1.165, 1.54) is 94.2 Å². The zero-order chi connectivity index (χ0) is 81.5. The lowest BCUT2D eigenvalue weighted by atomic mass is 10.1. The highest BCUT2D eigenvalue weighted by molar-refractivity contribution is 9.10. The second-order valence-electron chi connectivity index (χ2n) is 25.3. The Labute approximate surface area is 664 Å². The van der Waals surface area contributed by atoms with Gasteiger partial charge >= 0.3 is 22.5 Å². The first kappa shape index (κ1) is 76.7. The predicted octanol–water partition coefficient (Wildman–Crippen LogP) is 16.3. The topological polar surface area (TPSA) is 338 Å². The van der Waals surface area contributed by atoms with E-state index in [0.29, 0.717) is 107 Å². The van der Waals surface area contributed by atoms with Gasteiger partial charge in [0.15, 0.2) is 39.6 Å². The first-order valence-corrected chi connectivity index (χ1v) is 37.0. The van der Waals surface area contributed by atoms with Crippen LogP contribution in [0.15, 0.2) is 329 Å². The van der Waals surface area contributed by atoms with Gasteiger partial charge < -0.3 is 57.4 Å². The molecule has 0 atom stereocenters. The lowest BCUT2D eigenvalue weighted by Gasteiger charge is -2.15. The Bertz CT molecular complexity index is 7550. The van der Waals surface area contributed by atoms with E-state index in [2.05, 4.69) is 15.9 Å². The molecule has 0 radical (unpaired) electrons. The molecule has 0 aliphatic heterocycles. The van der Waals surface area contributed by atoms with Gasteiger partial charge in [-0.25, -0.2) is 28.0 Å². The summed E-state index contributed by atoms with van der Waals surface area (Å²) in [5.74, 6) is -1.61. The fourth-order valence-electron chi connectivity index (χ4n) is 13.2. The minimum Gasteiger partial charge on any atom is -0.508 e. The number of hydrogen-bond donors (Lipinski definition) is 5. The van der Waals surface area contributed by atoms with Gasteiger partial charge in [0.25, 0.3) is 22.2 Å². The number of fused-ring (bicyclic) bond motifs is 12. The van der Waals surface area contributed by atoms with Crippen molar-refractivity contribution in [3.8, 4) is 68.7 Å². The van der Waals surface area contributed by atoms with Crippen LogP contribution in [-0.2, 0) is 0 Å². The molecule has 0 unspecified atom stereocenters. The number of nitrogens with zero attached hydrogens (tertiary/aromatic N) is 4. The van der Waals surface area contributed by atoms with E-state index in [1.54, 1.807) is 158 Å². The van der Waals surface area contributed by atoms with Crippen molar-refractivity contribution in [3.05, 3.63) is 348 Å². The summed E-state index contributed by atoms with van der Waals surface area (Å²) in [7, 11) is 4.56. The van der Waals surface area contributed by atoms with Crippen molar-refractivity contribution in [1.82, 2.24) is 18.3 Å². The van der Waals surface area contributed by atoms with Gasteiger partial charge in [0.2, 0.25) is 0 Å². The van der Waals surface area contributed by atoms with Crippen LogP contribution in [0.25, 0.3) is 110 Å². The number of aromatic nitrogens is 4. The van der Waals surface area contributed by atoms with Crippen molar-refractivity contribution in [2.45, 2.75) is 19.6 Å². The molecule has 10 aromatic carbocycles. The van der Waals surface area contributed by atoms with Gasteiger partial charge in [-0.15, -0.1) is 0 Å². The second kappa shape index (κ2) is 31.8. The van der Waals surface area contributed by atoms with Crippen LogP contribution in [0.5, 0.6) is 46.0 Å². The number of halogens is 3. The van der Waals surface area contributed by atoms with Crippen LogP contribution in [0.4, 0.5) is 8.78 Å². The van der Waals surface area contributed by atoms with E-state index in [9.17, 15) is 72.7 Å². The Morgan fingerprint density at radius 1 is 0.336 bits per heavy atom. The highest BCUT2D eigenvalue weighted by atomic mass is 79.9. The molecule has 0 aliphatic rings. The third kappa shape index (κ3) is 14.1. The molecule has 0 aliphatic carbocycles. The number of methoxy groups -OCH3 is 3. The van der Waals surface area contributed by atoms with E-state index in [4.69, 9.17) is 31.9 Å². The summed E-state index contributed by atoms with van der Waals surface area (Å²) in [6.07, 6.45) is 0. The minimum atomic E-state index is -0.908. The summed E-state index contributed by atoms with van der Waals surface area (Å²) in [6.45, 7) is 0. The van der Waals surface area contributed by atoms with Crippen molar-refractivity contribution in [2.24, 2.45) is 0 Å². The number of phenols is 1. The average molecular weight is 1660 g/mol. The van der Waals surface area contributed by atoms with E-state index in [0.717, 1.165) is 6.07 Å². The van der Waals surface area contributed by atoms with Gasteiger partial charge in [0.1, 0.15) is 76.2 Å². The summed E-state index contributed by atoms with van der Waals surface area (Å²) in [4.78, 5) is 102. The SMILES string of the molecule is COc1ccc2c3oc(=O)c(Br)c(O)c3c(=O)n(-c3ccccc3)c2c1.COc1ccc2c3oc(=O)c(Sc4ccccc4F)c(O)c3c(=O)n(-c3ccccc3)c2c1.COc1ccc2c3oc(=O)cc(O)c3c(=O)n(-c3ccccc3)c2c1.O=c1oc2c(c(O)c1Sc1ccccc1F)c(=O)n(-c1ccccc1)c1cc(O)ccc21. The summed E-state index contributed by atoms with van der Waals surface area (Å²) >= 11 is 4.36. The second-order valence-corrected chi connectivity index (χ2v) is 28.2.